The normalized spacial score (nSPS) is 15.0. The number of rotatable bonds is 3. The maximum Gasteiger partial charge on any atom is 0.251 e. The molecule has 1 aromatic carbocycles. The Morgan fingerprint density at radius 2 is 2.05 bits per heavy atom. The van der Waals surface area contributed by atoms with Gasteiger partial charge in [-0.15, -0.1) is 0 Å². The van der Waals surface area contributed by atoms with E-state index in [4.69, 9.17) is 0 Å². The molecule has 1 aliphatic rings. The third-order valence-electron chi connectivity index (χ3n) is 4.70. The number of hydrogen-bond acceptors (Lipinski definition) is 1. The highest BCUT2D eigenvalue weighted by Gasteiger charge is 2.20. The van der Waals surface area contributed by atoms with Gasteiger partial charge in [-0.05, 0) is 69.7 Å². The molecule has 2 N–H and O–H groups in total. The second kappa shape index (κ2) is 5.21. The van der Waals surface area contributed by atoms with E-state index in [0.717, 1.165) is 30.3 Å². The zero-order valence-corrected chi connectivity index (χ0v) is 13.2. The Hall–Kier alpha value is -1.77. The van der Waals surface area contributed by atoms with Gasteiger partial charge in [-0.1, -0.05) is 6.92 Å². The van der Waals surface area contributed by atoms with E-state index in [1.807, 2.05) is 12.1 Å². The summed E-state index contributed by atoms with van der Waals surface area (Å²) in [5.41, 5.74) is 4.54. The van der Waals surface area contributed by atoms with Crippen LogP contribution in [0.2, 0.25) is 0 Å². The molecule has 1 amide bonds. The number of aromatic nitrogens is 1. The standard InChI is InChI=1S/C18H24N2O/c1-4-18(2,3)20-17(21)12-9-10-16-14(11-12)13-7-5-6-8-15(13)19-16/h9-11,19H,4-8H2,1-3H3,(H,20,21). The second-order valence-electron chi connectivity index (χ2n) is 6.74. The zero-order chi connectivity index (χ0) is 15.0. The smallest absolute Gasteiger partial charge is 0.251 e. The number of benzene rings is 1. The van der Waals surface area contributed by atoms with Crippen molar-refractivity contribution in [3.63, 3.8) is 0 Å². The van der Waals surface area contributed by atoms with Crippen molar-refractivity contribution in [3.8, 4) is 0 Å². The van der Waals surface area contributed by atoms with Crippen molar-refractivity contribution in [2.75, 3.05) is 0 Å². The summed E-state index contributed by atoms with van der Waals surface area (Å²) in [6.07, 6.45) is 5.69. The zero-order valence-electron chi connectivity index (χ0n) is 13.2. The lowest BCUT2D eigenvalue weighted by atomic mass is 9.95. The molecule has 0 saturated carbocycles. The Balaban J connectivity index is 1.95. The molecule has 0 radical (unpaired) electrons. The molecular formula is C18H24N2O. The number of carbonyl (C=O) groups is 1. The van der Waals surface area contributed by atoms with E-state index in [9.17, 15) is 4.79 Å². The monoisotopic (exact) mass is 284 g/mol. The van der Waals surface area contributed by atoms with Crippen LogP contribution in [0.15, 0.2) is 18.2 Å². The van der Waals surface area contributed by atoms with Crippen molar-refractivity contribution in [2.45, 2.75) is 58.4 Å². The molecule has 0 atom stereocenters. The third kappa shape index (κ3) is 2.69. The Bertz CT molecular complexity index is 682. The van der Waals surface area contributed by atoms with E-state index < -0.39 is 0 Å². The third-order valence-corrected chi connectivity index (χ3v) is 4.70. The average molecular weight is 284 g/mol. The van der Waals surface area contributed by atoms with Crippen LogP contribution in [0.3, 0.4) is 0 Å². The number of nitrogens with one attached hydrogen (secondary N) is 2. The molecule has 2 aromatic rings. The van der Waals surface area contributed by atoms with Crippen molar-refractivity contribution >= 4 is 16.8 Å². The minimum Gasteiger partial charge on any atom is -0.358 e. The predicted molar refractivity (Wildman–Crippen MR) is 86.8 cm³/mol. The molecule has 0 fully saturated rings. The SMILES string of the molecule is CCC(C)(C)NC(=O)c1ccc2[nH]c3c(c2c1)CCCC3. The fourth-order valence-corrected chi connectivity index (χ4v) is 3.02. The van der Waals surface area contributed by atoms with Crippen molar-refractivity contribution in [1.82, 2.24) is 10.3 Å². The number of hydrogen-bond donors (Lipinski definition) is 2. The molecule has 0 saturated heterocycles. The first-order valence-electron chi connectivity index (χ1n) is 7.96. The van der Waals surface area contributed by atoms with Crippen LogP contribution >= 0.6 is 0 Å². The summed E-state index contributed by atoms with van der Waals surface area (Å²) < 4.78 is 0. The van der Waals surface area contributed by atoms with Crippen LogP contribution in [0.25, 0.3) is 10.9 Å². The summed E-state index contributed by atoms with van der Waals surface area (Å²) in [6.45, 7) is 6.20. The quantitative estimate of drug-likeness (QED) is 0.880. The molecule has 0 spiro atoms. The summed E-state index contributed by atoms with van der Waals surface area (Å²) in [5.74, 6) is 0.0227. The van der Waals surface area contributed by atoms with E-state index >= 15 is 0 Å². The summed E-state index contributed by atoms with van der Waals surface area (Å²) in [6, 6.07) is 6.02. The summed E-state index contributed by atoms with van der Waals surface area (Å²) >= 11 is 0. The molecule has 112 valence electrons. The lowest BCUT2D eigenvalue weighted by Crippen LogP contribution is -2.42. The minimum atomic E-state index is -0.163. The van der Waals surface area contributed by atoms with Crippen LogP contribution in [0.4, 0.5) is 0 Å². The van der Waals surface area contributed by atoms with Crippen molar-refractivity contribution in [1.29, 1.82) is 0 Å². The maximum absolute atomic E-state index is 12.4. The molecule has 1 heterocycles. The largest absolute Gasteiger partial charge is 0.358 e. The molecule has 1 aromatic heterocycles. The van der Waals surface area contributed by atoms with Crippen LogP contribution in [0, 0.1) is 0 Å². The summed E-state index contributed by atoms with van der Waals surface area (Å²) in [5, 5.41) is 4.34. The highest BCUT2D eigenvalue weighted by atomic mass is 16.1. The summed E-state index contributed by atoms with van der Waals surface area (Å²) in [7, 11) is 0. The van der Waals surface area contributed by atoms with E-state index in [1.165, 1.54) is 29.5 Å². The van der Waals surface area contributed by atoms with E-state index in [0.29, 0.717) is 0 Å². The fraction of sp³-hybridized carbons (Fsp3) is 0.500. The molecular weight excluding hydrogens is 260 g/mol. The van der Waals surface area contributed by atoms with Gasteiger partial charge in [0.25, 0.3) is 5.91 Å². The molecule has 1 aliphatic carbocycles. The number of aromatic amines is 1. The molecule has 21 heavy (non-hydrogen) atoms. The van der Waals surface area contributed by atoms with Crippen LogP contribution in [-0.2, 0) is 12.8 Å². The first-order valence-corrected chi connectivity index (χ1v) is 7.96. The average Bonchev–Trinajstić information content (AvgIpc) is 2.84. The van der Waals surface area contributed by atoms with Gasteiger partial charge in [0.1, 0.15) is 0 Å². The molecule has 3 rings (SSSR count). The molecule has 3 nitrogen and oxygen atoms in total. The first kappa shape index (κ1) is 14.2. The van der Waals surface area contributed by atoms with Gasteiger partial charge in [-0.3, -0.25) is 4.79 Å². The van der Waals surface area contributed by atoms with Gasteiger partial charge >= 0.3 is 0 Å². The van der Waals surface area contributed by atoms with Crippen molar-refractivity contribution in [3.05, 3.63) is 35.0 Å². The van der Waals surface area contributed by atoms with Crippen LogP contribution in [-0.4, -0.2) is 16.4 Å². The van der Waals surface area contributed by atoms with Gasteiger partial charge in [-0.2, -0.15) is 0 Å². The molecule has 3 heteroatoms. The number of H-pyrrole nitrogens is 1. The summed E-state index contributed by atoms with van der Waals surface area (Å²) in [4.78, 5) is 15.9. The Morgan fingerprint density at radius 3 is 2.81 bits per heavy atom. The van der Waals surface area contributed by atoms with Gasteiger partial charge in [-0.25, -0.2) is 0 Å². The first-order chi connectivity index (χ1) is 10.00. The highest BCUT2D eigenvalue weighted by molar-refractivity contribution is 5.99. The Kier molecular flexibility index (Phi) is 3.52. The lowest BCUT2D eigenvalue weighted by molar-refractivity contribution is 0.0911. The molecule has 0 aliphatic heterocycles. The second-order valence-corrected chi connectivity index (χ2v) is 6.74. The highest BCUT2D eigenvalue weighted by Crippen LogP contribution is 2.29. The van der Waals surface area contributed by atoms with Crippen LogP contribution in [0.5, 0.6) is 0 Å². The number of aryl methyl sites for hydroxylation is 2. The molecule has 0 unspecified atom stereocenters. The number of amides is 1. The van der Waals surface area contributed by atoms with Gasteiger partial charge in [0, 0.05) is 27.7 Å². The Labute approximate surface area is 126 Å². The van der Waals surface area contributed by atoms with E-state index in [2.05, 4.69) is 37.1 Å². The van der Waals surface area contributed by atoms with Gasteiger partial charge in [0.05, 0.1) is 0 Å². The van der Waals surface area contributed by atoms with E-state index in [-0.39, 0.29) is 11.4 Å². The van der Waals surface area contributed by atoms with Gasteiger partial charge in [0.2, 0.25) is 0 Å². The topological polar surface area (TPSA) is 44.9 Å². The minimum absolute atomic E-state index is 0.0227. The predicted octanol–water partition coefficient (Wildman–Crippen LogP) is 3.97. The number of carbonyl (C=O) groups excluding carboxylic acids is 1. The number of fused-ring (bicyclic) bond motifs is 3. The Morgan fingerprint density at radius 1 is 1.29 bits per heavy atom. The molecule has 0 bridgehead atoms. The van der Waals surface area contributed by atoms with Crippen LogP contribution < -0.4 is 5.32 Å². The van der Waals surface area contributed by atoms with Gasteiger partial charge < -0.3 is 10.3 Å². The van der Waals surface area contributed by atoms with Crippen molar-refractivity contribution in [2.24, 2.45) is 0 Å². The maximum atomic E-state index is 12.4. The fourth-order valence-electron chi connectivity index (χ4n) is 3.02. The van der Waals surface area contributed by atoms with Gasteiger partial charge in [0.15, 0.2) is 0 Å². The van der Waals surface area contributed by atoms with Crippen LogP contribution in [0.1, 0.15) is 61.6 Å². The van der Waals surface area contributed by atoms with Crippen molar-refractivity contribution < 1.29 is 4.79 Å². The lowest BCUT2D eigenvalue weighted by Gasteiger charge is -2.24. The van der Waals surface area contributed by atoms with E-state index in [1.54, 1.807) is 0 Å².